The lowest BCUT2D eigenvalue weighted by Crippen LogP contribution is -2.15. The first-order valence-electron chi connectivity index (χ1n) is 5.53. The van der Waals surface area contributed by atoms with E-state index < -0.39 is 10.0 Å². The molecule has 0 saturated heterocycles. The van der Waals surface area contributed by atoms with Gasteiger partial charge < -0.3 is 5.32 Å². The van der Waals surface area contributed by atoms with Gasteiger partial charge in [0.1, 0.15) is 10.7 Å². The summed E-state index contributed by atoms with van der Waals surface area (Å²) in [4.78, 5) is 9.23. The summed E-state index contributed by atoms with van der Waals surface area (Å²) in [6, 6.07) is 3.07. The molecule has 0 aromatic carbocycles. The van der Waals surface area contributed by atoms with Crippen LogP contribution in [0.25, 0.3) is 0 Å². The van der Waals surface area contributed by atoms with E-state index in [2.05, 4.69) is 20.0 Å². The number of thiazole rings is 1. The number of nitrogens with one attached hydrogen (secondary N) is 2. The molecule has 19 heavy (non-hydrogen) atoms. The third-order valence-electron chi connectivity index (χ3n) is 2.55. The van der Waals surface area contributed by atoms with Crippen LogP contribution in [-0.2, 0) is 10.0 Å². The molecular formula is C11H14N4O2S2. The predicted octanol–water partition coefficient (Wildman–Crippen LogP) is 2.00. The molecule has 0 bridgehead atoms. The van der Waals surface area contributed by atoms with Crippen LogP contribution in [0.1, 0.15) is 10.6 Å². The highest BCUT2D eigenvalue weighted by atomic mass is 32.2. The molecule has 0 aliphatic carbocycles. The van der Waals surface area contributed by atoms with Gasteiger partial charge in [0.2, 0.25) is 0 Å². The van der Waals surface area contributed by atoms with E-state index in [4.69, 9.17) is 0 Å². The number of aryl methyl sites for hydroxylation is 2. The highest BCUT2D eigenvalue weighted by Crippen LogP contribution is 2.25. The molecule has 0 fully saturated rings. The summed E-state index contributed by atoms with van der Waals surface area (Å²) in [6.45, 7) is 3.74. The Bertz CT molecular complexity index is 675. The van der Waals surface area contributed by atoms with E-state index >= 15 is 0 Å². The fourth-order valence-corrected chi connectivity index (χ4v) is 3.70. The molecule has 2 rings (SSSR count). The van der Waals surface area contributed by atoms with Gasteiger partial charge in [0, 0.05) is 18.1 Å². The smallest absolute Gasteiger partial charge is 0.267 e. The molecule has 0 aliphatic rings. The molecule has 2 N–H and O–H groups in total. The fourth-order valence-electron chi connectivity index (χ4n) is 1.48. The van der Waals surface area contributed by atoms with Gasteiger partial charge in [-0.15, -0.1) is 11.3 Å². The minimum Gasteiger partial charge on any atom is -0.372 e. The second kappa shape index (κ2) is 5.14. The Morgan fingerprint density at radius 1 is 1.32 bits per heavy atom. The van der Waals surface area contributed by atoms with Crippen LogP contribution in [-0.4, -0.2) is 25.4 Å². The number of hydrogen-bond donors (Lipinski definition) is 2. The number of nitrogens with zero attached hydrogens (tertiary/aromatic N) is 2. The minimum absolute atomic E-state index is 0.100. The minimum atomic E-state index is -3.69. The van der Waals surface area contributed by atoms with E-state index in [-0.39, 0.29) is 4.90 Å². The highest BCUT2D eigenvalue weighted by molar-refractivity contribution is 7.93. The van der Waals surface area contributed by atoms with E-state index in [9.17, 15) is 8.42 Å². The Morgan fingerprint density at radius 3 is 2.63 bits per heavy atom. The first-order valence-corrected chi connectivity index (χ1v) is 7.83. The van der Waals surface area contributed by atoms with Gasteiger partial charge in [-0.1, -0.05) is 0 Å². The maximum absolute atomic E-state index is 12.3. The lowest BCUT2D eigenvalue weighted by atomic mass is 10.4. The van der Waals surface area contributed by atoms with Gasteiger partial charge in [0.15, 0.2) is 5.13 Å². The van der Waals surface area contributed by atoms with Gasteiger partial charge in [-0.25, -0.2) is 18.4 Å². The van der Waals surface area contributed by atoms with Crippen LogP contribution >= 0.6 is 11.3 Å². The highest BCUT2D eigenvalue weighted by Gasteiger charge is 2.20. The lowest BCUT2D eigenvalue weighted by molar-refractivity contribution is 0.601. The van der Waals surface area contributed by atoms with Gasteiger partial charge in [0.05, 0.1) is 5.69 Å². The molecule has 2 aromatic rings. The van der Waals surface area contributed by atoms with Gasteiger partial charge >= 0.3 is 0 Å². The van der Waals surface area contributed by atoms with Gasteiger partial charge in [0.25, 0.3) is 10.0 Å². The number of pyridine rings is 1. The fraction of sp³-hybridized carbons (Fsp3) is 0.273. The maximum atomic E-state index is 12.3. The summed E-state index contributed by atoms with van der Waals surface area (Å²) in [5, 5.41) is 3.12. The third kappa shape index (κ3) is 2.85. The number of anilines is 2. The van der Waals surface area contributed by atoms with Crippen molar-refractivity contribution in [2.75, 3.05) is 17.1 Å². The molecule has 2 aromatic heterocycles. The van der Waals surface area contributed by atoms with Crippen molar-refractivity contribution >= 4 is 32.3 Å². The number of rotatable bonds is 4. The van der Waals surface area contributed by atoms with Crippen LogP contribution in [0, 0.1) is 13.8 Å². The first-order chi connectivity index (χ1) is 8.94. The molecule has 0 amide bonds. The zero-order valence-electron chi connectivity index (χ0n) is 10.8. The molecule has 8 heteroatoms. The summed E-state index contributed by atoms with van der Waals surface area (Å²) >= 11 is 1.31. The second-order valence-electron chi connectivity index (χ2n) is 3.87. The van der Waals surface area contributed by atoms with Crippen LogP contribution in [0.5, 0.6) is 0 Å². The number of sulfonamides is 1. The van der Waals surface area contributed by atoms with Crippen molar-refractivity contribution in [3.8, 4) is 0 Å². The van der Waals surface area contributed by atoms with E-state index in [1.54, 1.807) is 13.1 Å². The Kier molecular flexibility index (Phi) is 3.72. The maximum Gasteiger partial charge on any atom is 0.267 e. The van der Waals surface area contributed by atoms with E-state index in [0.29, 0.717) is 10.9 Å². The standard InChI is InChI=1S/C11H14N4O2S2/c1-7-8(2)18-11(14-7)15-19(16,17)9-5-4-6-13-10(9)12-3/h4-6H,1-3H3,(H,12,13)(H,14,15). The van der Waals surface area contributed by atoms with E-state index in [1.807, 2.05) is 13.8 Å². The molecule has 0 aliphatic heterocycles. The molecule has 2 heterocycles. The summed E-state index contributed by atoms with van der Waals surface area (Å²) in [5.74, 6) is 0.306. The summed E-state index contributed by atoms with van der Waals surface area (Å²) in [5.41, 5.74) is 0.822. The monoisotopic (exact) mass is 298 g/mol. The summed E-state index contributed by atoms with van der Waals surface area (Å²) in [7, 11) is -2.06. The molecular weight excluding hydrogens is 284 g/mol. The van der Waals surface area contributed by atoms with Crippen molar-refractivity contribution in [2.24, 2.45) is 0 Å². The molecule has 0 radical (unpaired) electrons. The van der Waals surface area contributed by atoms with Crippen LogP contribution in [0.15, 0.2) is 23.2 Å². The van der Waals surface area contributed by atoms with Crippen LogP contribution < -0.4 is 10.0 Å². The van der Waals surface area contributed by atoms with Crippen molar-refractivity contribution in [3.05, 3.63) is 28.9 Å². The zero-order valence-corrected chi connectivity index (χ0v) is 12.4. The Morgan fingerprint density at radius 2 is 2.05 bits per heavy atom. The third-order valence-corrected chi connectivity index (χ3v) is 5.04. The Labute approximate surface area is 116 Å². The average molecular weight is 298 g/mol. The van der Waals surface area contributed by atoms with Gasteiger partial charge in [-0.3, -0.25) is 4.72 Å². The second-order valence-corrected chi connectivity index (χ2v) is 6.72. The quantitative estimate of drug-likeness (QED) is 0.902. The average Bonchev–Trinajstić information content (AvgIpc) is 2.67. The van der Waals surface area contributed by atoms with Gasteiger partial charge in [-0.2, -0.15) is 0 Å². The Balaban J connectivity index is 2.37. The lowest BCUT2D eigenvalue weighted by Gasteiger charge is -2.08. The van der Waals surface area contributed by atoms with Crippen molar-refractivity contribution in [3.63, 3.8) is 0 Å². The SMILES string of the molecule is CNc1ncccc1S(=O)(=O)Nc1nc(C)c(C)s1. The molecule has 0 atom stereocenters. The van der Waals surface area contributed by atoms with Crippen LogP contribution in [0.4, 0.5) is 10.9 Å². The normalized spacial score (nSPS) is 11.3. The summed E-state index contributed by atoms with van der Waals surface area (Å²) in [6.07, 6.45) is 1.53. The summed E-state index contributed by atoms with van der Waals surface area (Å²) < 4.78 is 27.0. The van der Waals surface area contributed by atoms with Crippen molar-refractivity contribution in [1.29, 1.82) is 0 Å². The van der Waals surface area contributed by atoms with E-state index in [1.165, 1.54) is 23.6 Å². The predicted molar refractivity (Wildman–Crippen MR) is 76.2 cm³/mol. The van der Waals surface area contributed by atoms with Crippen LogP contribution in [0.3, 0.4) is 0 Å². The van der Waals surface area contributed by atoms with Crippen molar-refractivity contribution in [2.45, 2.75) is 18.7 Å². The zero-order chi connectivity index (χ0) is 14.0. The van der Waals surface area contributed by atoms with Crippen LogP contribution in [0.2, 0.25) is 0 Å². The van der Waals surface area contributed by atoms with Gasteiger partial charge in [-0.05, 0) is 26.0 Å². The first kappa shape index (κ1) is 13.8. The topological polar surface area (TPSA) is 84.0 Å². The molecule has 6 nitrogen and oxygen atoms in total. The largest absolute Gasteiger partial charge is 0.372 e. The molecule has 0 spiro atoms. The molecule has 102 valence electrons. The van der Waals surface area contributed by atoms with Crippen molar-refractivity contribution < 1.29 is 8.42 Å². The number of hydrogen-bond acceptors (Lipinski definition) is 6. The molecule has 0 unspecified atom stereocenters. The molecule has 0 saturated carbocycles. The number of aromatic nitrogens is 2. The Hall–Kier alpha value is -1.67. The van der Waals surface area contributed by atoms with Crippen molar-refractivity contribution in [1.82, 2.24) is 9.97 Å². The van der Waals surface area contributed by atoms with E-state index in [0.717, 1.165) is 10.6 Å².